The lowest BCUT2D eigenvalue weighted by Crippen LogP contribution is -2.48. The second kappa shape index (κ2) is 9.57. The number of hydrogen-bond donors (Lipinski definition) is 1. The van der Waals surface area contributed by atoms with Gasteiger partial charge in [0.15, 0.2) is 0 Å². The van der Waals surface area contributed by atoms with Gasteiger partial charge in [-0.1, -0.05) is 23.7 Å². The van der Waals surface area contributed by atoms with Crippen LogP contribution in [-0.2, 0) is 17.4 Å². The van der Waals surface area contributed by atoms with Crippen LogP contribution >= 0.6 is 23.4 Å². The van der Waals surface area contributed by atoms with Crippen LogP contribution in [0.5, 0.6) is 0 Å². The maximum absolute atomic E-state index is 13.9. The molecule has 2 aromatic carbocycles. The Morgan fingerprint density at radius 3 is 2.78 bits per heavy atom. The summed E-state index contributed by atoms with van der Waals surface area (Å²) in [6, 6.07) is 8.57. The number of hydrogen-bond acceptors (Lipinski definition) is 5. The van der Waals surface area contributed by atoms with E-state index in [1.54, 1.807) is 24.4 Å². The minimum Gasteiger partial charge on any atom is -0.304 e. The van der Waals surface area contributed by atoms with Crippen LogP contribution in [0, 0.1) is 0 Å². The molecule has 2 saturated heterocycles. The molecule has 36 heavy (non-hydrogen) atoms. The molecule has 11 heteroatoms. The van der Waals surface area contributed by atoms with Crippen molar-refractivity contribution in [2.75, 3.05) is 20.1 Å². The van der Waals surface area contributed by atoms with Crippen molar-refractivity contribution in [3.63, 3.8) is 0 Å². The van der Waals surface area contributed by atoms with E-state index in [1.807, 2.05) is 7.05 Å². The molecule has 2 amide bonds. The second-order valence-corrected chi connectivity index (χ2v) is 10.5. The lowest BCUT2D eigenvalue weighted by atomic mass is 9.93. The number of rotatable bonds is 4. The summed E-state index contributed by atoms with van der Waals surface area (Å²) in [5, 5.41) is 7.15. The molecule has 3 heterocycles. The van der Waals surface area contributed by atoms with E-state index >= 15 is 0 Å². The molecule has 2 aliphatic heterocycles. The molecule has 1 atom stereocenters. The summed E-state index contributed by atoms with van der Waals surface area (Å²) in [7, 11) is 1.94. The Kier molecular flexibility index (Phi) is 6.61. The van der Waals surface area contributed by atoms with E-state index in [1.165, 1.54) is 17.0 Å². The van der Waals surface area contributed by atoms with E-state index in [0.29, 0.717) is 24.1 Å². The predicted octanol–water partition coefficient (Wildman–Crippen LogP) is 5.98. The fourth-order valence-corrected chi connectivity index (χ4v) is 6.00. The first-order valence-corrected chi connectivity index (χ1v) is 12.6. The molecule has 188 valence electrons. The van der Waals surface area contributed by atoms with Gasteiger partial charge in [-0.15, -0.1) is 0 Å². The summed E-state index contributed by atoms with van der Waals surface area (Å²) in [6.45, 7) is 1.45. The van der Waals surface area contributed by atoms with Crippen LogP contribution in [0.3, 0.4) is 0 Å². The molecular formula is C25H22ClF3N4O2S. The van der Waals surface area contributed by atoms with Crippen molar-refractivity contribution in [3.8, 4) is 0 Å². The predicted molar refractivity (Wildman–Crippen MR) is 134 cm³/mol. The highest BCUT2D eigenvalue weighted by Crippen LogP contribution is 2.42. The molecule has 5 rings (SSSR count). The first kappa shape index (κ1) is 24.9. The zero-order chi connectivity index (χ0) is 25.6. The van der Waals surface area contributed by atoms with Gasteiger partial charge >= 0.3 is 6.18 Å². The van der Waals surface area contributed by atoms with Gasteiger partial charge < -0.3 is 4.90 Å². The molecule has 1 aromatic heterocycles. The average Bonchev–Trinajstić information content (AvgIpc) is 3.40. The van der Waals surface area contributed by atoms with E-state index in [2.05, 4.69) is 15.1 Å². The number of halogens is 4. The summed E-state index contributed by atoms with van der Waals surface area (Å²) in [4.78, 5) is 30.2. The smallest absolute Gasteiger partial charge is 0.304 e. The number of likely N-dealkylation sites (tertiary alicyclic amines) is 1. The molecule has 1 unspecified atom stereocenters. The van der Waals surface area contributed by atoms with Crippen molar-refractivity contribution in [2.24, 2.45) is 0 Å². The Morgan fingerprint density at radius 2 is 2.03 bits per heavy atom. The molecule has 3 aromatic rings. The third-order valence-electron chi connectivity index (χ3n) is 6.57. The number of aromatic nitrogens is 2. The number of carbonyl (C=O) groups is 2. The number of imide groups is 1. The average molecular weight is 535 g/mol. The number of fused-ring (bicyclic) bond motifs is 1. The number of likely N-dealkylation sites (N-methyl/N-ethyl adjacent to an activating group) is 1. The van der Waals surface area contributed by atoms with Crippen molar-refractivity contribution in [2.45, 2.75) is 31.5 Å². The minimum absolute atomic E-state index is 0.0293. The number of alkyl halides is 3. The quantitative estimate of drug-likeness (QED) is 0.417. The number of aromatic amines is 1. The standard InChI is InChI=1S/C25H22ClF3N4O2S/c1-32-8-2-3-18(13-32)33-23(34)22(36-24(33)35)19(14-5-7-21-16(9-14)12-30-31-21)10-15-4-6-17(26)11-20(15)25(27,28)29/h4-7,9,11-12,18H,2-3,8,10,13H2,1H3,(H,30,31)/b22-19-. The Morgan fingerprint density at radius 1 is 1.22 bits per heavy atom. The number of piperidine rings is 1. The fourth-order valence-electron chi connectivity index (χ4n) is 4.83. The number of thioether (sulfide) groups is 1. The molecule has 6 nitrogen and oxygen atoms in total. The molecule has 1 N–H and O–H groups in total. The summed E-state index contributed by atoms with van der Waals surface area (Å²) in [5.74, 6) is -0.463. The Labute approximate surface area is 214 Å². The Balaban J connectivity index is 1.63. The fraction of sp³-hybridized carbons (Fsp3) is 0.320. The molecule has 2 fully saturated rings. The largest absolute Gasteiger partial charge is 0.416 e. The van der Waals surface area contributed by atoms with Crippen LogP contribution in [0.25, 0.3) is 16.5 Å². The first-order valence-electron chi connectivity index (χ1n) is 11.4. The zero-order valence-electron chi connectivity index (χ0n) is 19.2. The van der Waals surface area contributed by atoms with E-state index in [9.17, 15) is 22.8 Å². The number of benzene rings is 2. The number of H-pyrrole nitrogens is 1. The third-order valence-corrected chi connectivity index (χ3v) is 7.80. The van der Waals surface area contributed by atoms with Crippen molar-refractivity contribution in [1.82, 2.24) is 20.0 Å². The van der Waals surface area contributed by atoms with Gasteiger partial charge in [0.1, 0.15) is 0 Å². The van der Waals surface area contributed by atoms with Gasteiger partial charge in [0.25, 0.3) is 11.1 Å². The highest BCUT2D eigenvalue weighted by atomic mass is 35.5. The van der Waals surface area contributed by atoms with Gasteiger partial charge in [-0.3, -0.25) is 19.6 Å². The van der Waals surface area contributed by atoms with Crippen LogP contribution in [0.2, 0.25) is 5.02 Å². The number of allylic oxidation sites excluding steroid dienone is 1. The Bertz CT molecular complexity index is 1390. The number of nitrogens with one attached hydrogen (secondary N) is 1. The van der Waals surface area contributed by atoms with Crippen molar-refractivity contribution >= 4 is 51.0 Å². The van der Waals surface area contributed by atoms with Crippen molar-refractivity contribution in [1.29, 1.82) is 0 Å². The molecule has 0 saturated carbocycles. The van der Waals surface area contributed by atoms with Gasteiger partial charge in [-0.05, 0) is 85.6 Å². The number of amides is 2. The summed E-state index contributed by atoms with van der Waals surface area (Å²) in [5.41, 5.74) is 0.765. The highest BCUT2D eigenvalue weighted by molar-refractivity contribution is 8.18. The summed E-state index contributed by atoms with van der Waals surface area (Å²) >= 11 is 6.67. The van der Waals surface area contributed by atoms with Crippen LogP contribution in [0.4, 0.5) is 18.0 Å². The second-order valence-electron chi connectivity index (χ2n) is 9.06. The van der Waals surface area contributed by atoms with Crippen LogP contribution in [0.15, 0.2) is 47.5 Å². The van der Waals surface area contributed by atoms with E-state index in [4.69, 9.17) is 11.6 Å². The lowest BCUT2D eigenvalue weighted by molar-refractivity contribution is -0.138. The van der Waals surface area contributed by atoms with Gasteiger partial charge in [0.2, 0.25) is 0 Å². The maximum atomic E-state index is 13.9. The molecule has 2 aliphatic rings. The highest BCUT2D eigenvalue weighted by Gasteiger charge is 2.43. The normalized spacial score (nSPS) is 21.0. The van der Waals surface area contributed by atoms with Gasteiger partial charge in [0.05, 0.1) is 28.2 Å². The molecule has 0 radical (unpaired) electrons. The van der Waals surface area contributed by atoms with Crippen molar-refractivity contribution < 1.29 is 22.8 Å². The Hall–Kier alpha value is -2.82. The van der Waals surface area contributed by atoms with Crippen LogP contribution in [-0.4, -0.2) is 57.3 Å². The minimum atomic E-state index is -4.63. The number of nitrogens with zero attached hydrogens (tertiary/aromatic N) is 3. The maximum Gasteiger partial charge on any atom is 0.416 e. The first-order chi connectivity index (χ1) is 17.1. The van der Waals surface area contributed by atoms with E-state index in [0.717, 1.165) is 41.7 Å². The SMILES string of the molecule is CN1CCCC(N2C(=O)S/C(=C(/Cc3ccc(Cl)cc3C(F)(F)F)c3ccc4[nH]ncc4c3)C2=O)C1. The van der Waals surface area contributed by atoms with Gasteiger partial charge in [0, 0.05) is 17.0 Å². The van der Waals surface area contributed by atoms with Crippen molar-refractivity contribution in [3.05, 3.63) is 69.2 Å². The summed E-state index contributed by atoms with van der Waals surface area (Å²) < 4.78 is 41.6. The molecule has 0 spiro atoms. The summed E-state index contributed by atoms with van der Waals surface area (Å²) in [6.07, 6.45) is -1.68. The molecular weight excluding hydrogens is 513 g/mol. The van der Waals surface area contributed by atoms with Gasteiger partial charge in [-0.2, -0.15) is 18.3 Å². The van der Waals surface area contributed by atoms with Gasteiger partial charge in [-0.25, -0.2) is 0 Å². The van der Waals surface area contributed by atoms with E-state index < -0.39 is 22.9 Å². The van der Waals surface area contributed by atoms with Crippen LogP contribution in [0.1, 0.15) is 29.5 Å². The lowest BCUT2D eigenvalue weighted by Gasteiger charge is -2.34. The van der Waals surface area contributed by atoms with Crippen LogP contribution < -0.4 is 0 Å². The molecule has 0 aliphatic carbocycles. The topological polar surface area (TPSA) is 69.3 Å². The van der Waals surface area contributed by atoms with E-state index in [-0.39, 0.29) is 28.0 Å². The third kappa shape index (κ3) is 4.77. The number of carbonyl (C=O) groups excluding carboxylic acids is 2. The monoisotopic (exact) mass is 534 g/mol. The zero-order valence-corrected chi connectivity index (χ0v) is 20.8. The molecule has 0 bridgehead atoms.